The summed E-state index contributed by atoms with van der Waals surface area (Å²) in [6.07, 6.45) is -15.6. The van der Waals surface area contributed by atoms with Gasteiger partial charge in [0.2, 0.25) is 11.5 Å². The molecular weight excluding hydrogens is 495 g/mol. The van der Waals surface area contributed by atoms with Crippen molar-refractivity contribution in [1.29, 1.82) is 0 Å². The van der Waals surface area contributed by atoms with Crippen molar-refractivity contribution < 1.29 is 44.4 Å². The second-order valence-corrected chi connectivity index (χ2v) is 6.99. The van der Waals surface area contributed by atoms with Crippen LogP contribution in [0.5, 0.6) is 5.88 Å². The number of alkyl halides is 9. The minimum absolute atomic E-state index is 0.175. The number of nitrogens with zero attached hydrogens (tertiary/aromatic N) is 4. The van der Waals surface area contributed by atoms with Gasteiger partial charge in [-0.3, -0.25) is 4.57 Å². The van der Waals surface area contributed by atoms with E-state index in [1.54, 1.807) is 0 Å². The Morgan fingerprint density at radius 2 is 1.58 bits per heavy atom. The average molecular weight is 509 g/mol. The minimum Gasteiger partial charge on any atom is -0.338 e. The Hall–Kier alpha value is -2.77. The van der Waals surface area contributed by atoms with Gasteiger partial charge in [0, 0.05) is 12.6 Å². The molecule has 0 aliphatic rings. The van der Waals surface area contributed by atoms with Crippen LogP contribution in [0.2, 0.25) is 5.02 Å². The fraction of sp³-hybridized carbons (Fsp3) is 0.389. The van der Waals surface area contributed by atoms with Crippen LogP contribution in [0.1, 0.15) is 37.6 Å². The summed E-state index contributed by atoms with van der Waals surface area (Å²) in [4.78, 5) is 11.7. The molecule has 0 unspecified atom stereocenters. The molecular formula is C18H14ClF9N4O. The van der Waals surface area contributed by atoms with E-state index in [-0.39, 0.29) is 18.7 Å². The zero-order valence-corrected chi connectivity index (χ0v) is 17.7. The van der Waals surface area contributed by atoms with Crippen molar-refractivity contribution in [3.63, 3.8) is 0 Å². The number of hydrogen-bond donors (Lipinski definition) is 0. The highest BCUT2D eigenvalue weighted by molar-refractivity contribution is 6.33. The number of hydrogen-bond acceptors (Lipinski definition) is 4. The van der Waals surface area contributed by atoms with Crippen molar-refractivity contribution in [3.8, 4) is 5.88 Å². The average Bonchev–Trinajstić information content (AvgIpc) is 2.64. The van der Waals surface area contributed by atoms with E-state index in [9.17, 15) is 39.5 Å². The van der Waals surface area contributed by atoms with E-state index in [1.165, 1.54) is 20.8 Å². The van der Waals surface area contributed by atoms with Crippen LogP contribution >= 0.6 is 11.6 Å². The number of benzene rings is 1. The summed E-state index contributed by atoms with van der Waals surface area (Å²) >= 11 is 5.64. The van der Waals surface area contributed by atoms with Crippen LogP contribution in [0.25, 0.3) is 0 Å². The number of oxime groups is 1. The highest BCUT2D eigenvalue weighted by atomic mass is 35.5. The molecule has 182 valence electrons. The van der Waals surface area contributed by atoms with Gasteiger partial charge in [-0.25, -0.2) is 9.98 Å². The Morgan fingerprint density at radius 3 is 2.03 bits per heavy atom. The Morgan fingerprint density at radius 1 is 0.970 bits per heavy atom. The molecule has 5 nitrogen and oxygen atoms in total. The Bertz CT molecular complexity index is 1130. The molecule has 2 rings (SSSR count). The molecule has 0 aliphatic heterocycles. The van der Waals surface area contributed by atoms with Crippen LogP contribution in [0, 0.1) is 0 Å². The van der Waals surface area contributed by atoms with Crippen LogP contribution in [0.3, 0.4) is 0 Å². The quantitative estimate of drug-likeness (QED) is 0.265. The van der Waals surface area contributed by atoms with Gasteiger partial charge in [-0.05, 0) is 32.9 Å². The second kappa shape index (κ2) is 9.23. The van der Waals surface area contributed by atoms with Crippen molar-refractivity contribution in [3.05, 3.63) is 45.7 Å². The van der Waals surface area contributed by atoms with Gasteiger partial charge in [0.05, 0.1) is 27.5 Å². The maximum absolute atomic E-state index is 13.3. The molecule has 1 aromatic carbocycles. The number of rotatable bonds is 4. The maximum atomic E-state index is 13.3. The van der Waals surface area contributed by atoms with Gasteiger partial charge in [0.15, 0.2) is 5.69 Å². The van der Waals surface area contributed by atoms with Crippen LogP contribution in [-0.2, 0) is 25.1 Å². The van der Waals surface area contributed by atoms with Crippen LogP contribution in [0.15, 0.2) is 28.3 Å². The molecule has 0 bridgehead atoms. The normalized spacial score (nSPS) is 13.3. The van der Waals surface area contributed by atoms with E-state index >= 15 is 0 Å². The summed E-state index contributed by atoms with van der Waals surface area (Å²) < 4.78 is 120. The minimum atomic E-state index is -5.30. The van der Waals surface area contributed by atoms with Crippen LogP contribution < -0.4 is 10.5 Å². The molecule has 0 fully saturated rings. The molecule has 0 atom stereocenters. The summed E-state index contributed by atoms with van der Waals surface area (Å²) in [6.45, 7) is 4.15. The van der Waals surface area contributed by atoms with Crippen molar-refractivity contribution in [1.82, 2.24) is 9.55 Å². The van der Waals surface area contributed by atoms with Gasteiger partial charge in [0.1, 0.15) is 0 Å². The molecule has 1 aromatic heterocycles. The third-order valence-electron chi connectivity index (χ3n) is 3.82. The molecule has 0 radical (unpaired) electrons. The Kier molecular flexibility index (Phi) is 7.41. The molecule has 15 heteroatoms. The molecule has 0 spiro atoms. The van der Waals surface area contributed by atoms with Crippen molar-refractivity contribution >= 4 is 23.0 Å². The molecule has 0 amide bonds. The lowest BCUT2D eigenvalue weighted by atomic mass is 10.1. The smallest absolute Gasteiger partial charge is 0.338 e. The largest absolute Gasteiger partial charge is 0.433 e. The van der Waals surface area contributed by atoms with Gasteiger partial charge in [-0.15, -0.1) is 0 Å². The summed E-state index contributed by atoms with van der Waals surface area (Å²) in [5, 5.41) is 2.27. The van der Waals surface area contributed by atoms with Crippen molar-refractivity contribution in [2.45, 2.75) is 45.8 Å². The maximum Gasteiger partial charge on any atom is 0.433 e. The highest BCUT2D eigenvalue weighted by Gasteiger charge is 2.39. The van der Waals surface area contributed by atoms with E-state index in [2.05, 4.69) is 15.1 Å². The standard InChI is InChI=1S/C18H14ClF9N4O/c1-4-32-13(33-31-8(2)3)7-12(18(26,27)28)30-15(32)29-11-6-9(16(20,21)22)5-10(14(11)19)17(23,24)25/h5-7H,4H2,1-3H3. The monoisotopic (exact) mass is 508 g/mol. The van der Waals surface area contributed by atoms with Gasteiger partial charge in [-0.1, -0.05) is 16.8 Å². The predicted octanol–water partition coefficient (Wildman–Crippen LogP) is 6.62. The van der Waals surface area contributed by atoms with Gasteiger partial charge in [-0.2, -0.15) is 39.5 Å². The summed E-state index contributed by atoms with van der Waals surface area (Å²) in [5.41, 5.74) is -6.87. The first-order chi connectivity index (χ1) is 14.9. The topological polar surface area (TPSA) is 51.8 Å². The molecule has 0 saturated carbocycles. The van der Waals surface area contributed by atoms with E-state index in [4.69, 9.17) is 16.4 Å². The van der Waals surface area contributed by atoms with Crippen molar-refractivity contribution in [2.75, 3.05) is 0 Å². The third kappa shape index (κ3) is 6.39. The van der Waals surface area contributed by atoms with Crippen LogP contribution in [-0.4, -0.2) is 15.3 Å². The first-order valence-corrected chi connectivity index (χ1v) is 9.23. The summed E-state index contributed by atoms with van der Waals surface area (Å²) in [6, 6.07) is 0.417. The molecule has 33 heavy (non-hydrogen) atoms. The first kappa shape index (κ1) is 26.5. The lowest BCUT2D eigenvalue weighted by molar-refractivity contribution is -0.143. The van der Waals surface area contributed by atoms with E-state index in [0.29, 0.717) is 11.8 Å². The van der Waals surface area contributed by atoms with Gasteiger partial charge < -0.3 is 4.84 Å². The Labute approximate surface area is 185 Å². The molecule has 2 aromatic rings. The zero-order valence-electron chi connectivity index (χ0n) is 16.9. The van der Waals surface area contributed by atoms with Crippen LogP contribution in [0.4, 0.5) is 45.2 Å². The van der Waals surface area contributed by atoms with E-state index < -0.39 is 57.6 Å². The number of aromatic nitrogens is 2. The van der Waals surface area contributed by atoms with Crippen molar-refractivity contribution in [2.24, 2.45) is 10.1 Å². The lowest BCUT2D eigenvalue weighted by Gasteiger charge is -2.16. The zero-order chi connectivity index (χ0) is 25.4. The Balaban J connectivity index is 2.96. The SMILES string of the molecule is CCn1c(ON=C(C)C)cc(C(F)(F)F)nc1=Nc1cc(C(F)(F)F)cc(C(F)(F)F)c1Cl. The number of halogens is 10. The molecule has 0 aliphatic carbocycles. The summed E-state index contributed by atoms with van der Waals surface area (Å²) in [5.74, 6) is -0.557. The van der Waals surface area contributed by atoms with Gasteiger partial charge in [0.25, 0.3) is 0 Å². The first-order valence-electron chi connectivity index (χ1n) is 8.85. The molecule has 0 N–H and O–H groups in total. The molecule has 0 saturated heterocycles. The van der Waals surface area contributed by atoms with Gasteiger partial charge >= 0.3 is 18.5 Å². The van der Waals surface area contributed by atoms with E-state index in [0.717, 1.165) is 4.57 Å². The second-order valence-electron chi connectivity index (χ2n) is 6.62. The lowest BCUT2D eigenvalue weighted by Crippen LogP contribution is -2.28. The van der Waals surface area contributed by atoms with E-state index in [1.807, 2.05) is 0 Å². The molecule has 1 heterocycles. The summed E-state index contributed by atoms with van der Waals surface area (Å²) in [7, 11) is 0. The fourth-order valence-electron chi connectivity index (χ4n) is 2.40. The third-order valence-corrected chi connectivity index (χ3v) is 4.22. The predicted molar refractivity (Wildman–Crippen MR) is 99.0 cm³/mol. The fourth-order valence-corrected chi connectivity index (χ4v) is 2.66. The highest BCUT2D eigenvalue weighted by Crippen LogP contribution is 2.43.